The molecule has 1 aliphatic carbocycles. The Bertz CT molecular complexity index is 597. The second-order valence-corrected chi connectivity index (χ2v) is 6.11. The molecular formula is C10H9F5N2O2S. The second kappa shape index (κ2) is 4.62. The fourth-order valence-electron chi connectivity index (χ4n) is 1.48. The van der Waals surface area contributed by atoms with Crippen LogP contribution in [-0.4, -0.2) is 25.9 Å². The summed E-state index contributed by atoms with van der Waals surface area (Å²) in [6.45, 7) is -0.474. The minimum absolute atomic E-state index is 0.375. The van der Waals surface area contributed by atoms with Crippen LogP contribution in [0.2, 0.25) is 0 Å². The monoisotopic (exact) mass is 316 g/mol. The van der Waals surface area contributed by atoms with Gasteiger partial charge in [-0.05, 0) is 12.1 Å². The molecule has 1 aromatic heterocycles. The Kier molecular flexibility index (Phi) is 3.49. The fourth-order valence-corrected chi connectivity index (χ4v) is 2.49. The molecule has 0 amide bonds. The first-order chi connectivity index (χ1) is 9.02. The number of nitrogens with zero attached hydrogens (tertiary/aromatic N) is 1. The predicted molar refractivity (Wildman–Crippen MR) is 57.5 cm³/mol. The van der Waals surface area contributed by atoms with Gasteiger partial charge in [-0.25, -0.2) is 26.9 Å². The lowest BCUT2D eigenvalue weighted by atomic mass is 10.3. The Balaban J connectivity index is 2.06. The van der Waals surface area contributed by atoms with Gasteiger partial charge in [-0.15, -0.1) is 0 Å². The topological polar surface area (TPSA) is 59.1 Å². The number of hydrogen-bond donors (Lipinski definition) is 1. The van der Waals surface area contributed by atoms with Crippen LogP contribution in [0.4, 0.5) is 22.0 Å². The molecule has 1 saturated carbocycles. The Morgan fingerprint density at radius 1 is 1.35 bits per heavy atom. The third-order valence-electron chi connectivity index (χ3n) is 2.81. The van der Waals surface area contributed by atoms with Crippen molar-refractivity contribution in [1.82, 2.24) is 9.71 Å². The van der Waals surface area contributed by atoms with Gasteiger partial charge in [0.1, 0.15) is 0 Å². The van der Waals surface area contributed by atoms with Crippen LogP contribution in [-0.2, 0) is 16.2 Å². The van der Waals surface area contributed by atoms with Gasteiger partial charge in [0.05, 0.1) is 5.56 Å². The molecule has 1 N–H and O–H groups in total. The Morgan fingerprint density at radius 2 is 1.95 bits per heavy atom. The van der Waals surface area contributed by atoms with Crippen molar-refractivity contribution in [1.29, 1.82) is 0 Å². The van der Waals surface area contributed by atoms with Gasteiger partial charge in [0, 0.05) is 25.1 Å². The van der Waals surface area contributed by atoms with Crippen LogP contribution in [0.25, 0.3) is 0 Å². The van der Waals surface area contributed by atoms with E-state index in [-0.39, 0.29) is 0 Å². The number of nitrogens with one attached hydrogen (secondary N) is 1. The Hall–Kier alpha value is -1.29. The average molecular weight is 316 g/mol. The van der Waals surface area contributed by atoms with E-state index in [1.54, 1.807) is 0 Å². The normalized spacial score (nSPS) is 21.8. The highest BCUT2D eigenvalue weighted by Crippen LogP contribution is 2.48. The Labute approximate surface area is 111 Å². The molecule has 1 heterocycles. The zero-order valence-corrected chi connectivity index (χ0v) is 10.6. The van der Waals surface area contributed by atoms with Crippen LogP contribution in [0.15, 0.2) is 23.4 Å². The third kappa shape index (κ3) is 3.23. The summed E-state index contributed by atoms with van der Waals surface area (Å²) in [5.74, 6) is -3.96. The number of sulfonamides is 1. The van der Waals surface area contributed by atoms with Gasteiger partial charge in [0.25, 0.3) is 15.9 Å². The van der Waals surface area contributed by atoms with Crippen molar-refractivity contribution >= 4 is 10.0 Å². The van der Waals surface area contributed by atoms with Gasteiger partial charge in [-0.3, -0.25) is 0 Å². The molecule has 0 spiro atoms. The van der Waals surface area contributed by atoms with E-state index in [1.807, 2.05) is 4.72 Å². The second-order valence-electron chi connectivity index (χ2n) is 4.40. The van der Waals surface area contributed by atoms with Gasteiger partial charge >= 0.3 is 6.18 Å². The molecule has 0 saturated heterocycles. The number of halogens is 5. The molecule has 0 aliphatic heterocycles. The van der Waals surface area contributed by atoms with Gasteiger partial charge in [-0.1, -0.05) is 0 Å². The van der Waals surface area contributed by atoms with Gasteiger partial charge in [-0.2, -0.15) is 13.2 Å². The summed E-state index contributed by atoms with van der Waals surface area (Å²) in [6.07, 6.45) is -4.66. The number of rotatable bonds is 4. The van der Waals surface area contributed by atoms with Crippen LogP contribution < -0.4 is 4.72 Å². The summed E-state index contributed by atoms with van der Waals surface area (Å²) in [4.78, 5) is 3.19. The van der Waals surface area contributed by atoms with E-state index < -0.39 is 51.6 Å². The maximum absolute atomic E-state index is 12.6. The first-order valence-corrected chi connectivity index (χ1v) is 6.91. The van der Waals surface area contributed by atoms with Crippen molar-refractivity contribution in [3.63, 3.8) is 0 Å². The standard InChI is InChI=1S/C10H9F5N2O2S/c11-9(12)3-7(9)5-17-20(18,19)8-2-1-6(4-16-8)10(13,14)15/h1-2,4,7,17H,3,5H2. The average Bonchev–Trinajstić information content (AvgIpc) is 2.94. The lowest BCUT2D eigenvalue weighted by molar-refractivity contribution is -0.137. The molecule has 1 aliphatic rings. The van der Waals surface area contributed by atoms with E-state index in [9.17, 15) is 30.4 Å². The summed E-state index contributed by atoms with van der Waals surface area (Å²) >= 11 is 0. The molecular weight excluding hydrogens is 307 g/mol. The van der Waals surface area contributed by atoms with Crippen LogP contribution in [0.5, 0.6) is 0 Å². The highest BCUT2D eigenvalue weighted by molar-refractivity contribution is 7.89. The number of aromatic nitrogens is 1. The summed E-state index contributed by atoms with van der Waals surface area (Å²) in [6, 6.07) is 1.24. The zero-order chi connectivity index (χ0) is 15.2. The largest absolute Gasteiger partial charge is 0.417 e. The molecule has 20 heavy (non-hydrogen) atoms. The van der Waals surface area contributed by atoms with Crippen LogP contribution >= 0.6 is 0 Å². The van der Waals surface area contributed by atoms with Gasteiger partial charge in [0.15, 0.2) is 5.03 Å². The smallest absolute Gasteiger partial charge is 0.243 e. The number of alkyl halides is 5. The van der Waals surface area contributed by atoms with E-state index in [2.05, 4.69) is 4.98 Å². The summed E-state index contributed by atoms with van der Waals surface area (Å²) < 4.78 is 87.2. The van der Waals surface area contributed by atoms with Gasteiger partial charge in [0.2, 0.25) is 0 Å². The van der Waals surface area contributed by atoms with E-state index in [0.29, 0.717) is 18.3 Å². The minimum atomic E-state index is -4.63. The maximum Gasteiger partial charge on any atom is 0.417 e. The molecule has 0 radical (unpaired) electrons. The van der Waals surface area contributed by atoms with E-state index in [4.69, 9.17) is 0 Å². The molecule has 1 atom stereocenters. The lowest BCUT2D eigenvalue weighted by Gasteiger charge is -2.08. The van der Waals surface area contributed by atoms with Crippen LogP contribution in [0, 0.1) is 5.92 Å². The Morgan fingerprint density at radius 3 is 2.35 bits per heavy atom. The molecule has 112 valence electrons. The van der Waals surface area contributed by atoms with Crippen molar-refractivity contribution in [2.75, 3.05) is 6.54 Å². The molecule has 10 heteroatoms. The SMILES string of the molecule is O=S(=O)(NCC1CC1(F)F)c1ccc(C(F)(F)F)cn1. The van der Waals surface area contributed by atoms with Crippen molar-refractivity contribution in [3.05, 3.63) is 23.9 Å². The van der Waals surface area contributed by atoms with Crippen LogP contribution in [0.1, 0.15) is 12.0 Å². The van der Waals surface area contributed by atoms with E-state index >= 15 is 0 Å². The highest BCUT2D eigenvalue weighted by atomic mass is 32.2. The van der Waals surface area contributed by atoms with Crippen molar-refractivity contribution in [2.45, 2.75) is 23.5 Å². The third-order valence-corrected chi connectivity index (χ3v) is 4.15. The quantitative estimate of drug-likeness (QED) is 0.865. The first-order valence-electron chi connectivity index (χ1n) is 5.43. The van der Waals surface area contributed by atoms with Crippen LogP contribution in [0.3, 0.4) is 0 Å². The zero-order valence-electron chi connectivity index (χ0n) is 9.79. The predicted octanol–water partition coefficient (Wildman–Crippen LogP) is 2.03. The fraction of sp³-hybridized carbons (Fsp3) is 0.500. The molecule has 1 unspecified atom stereocenters. The van der Waals surface area contributed by atoms with Crippen molar-refractivity contribution < 1.29 is 30.4 Å². The molecule has 0 bridgehead atoms. The highest BCUT2D eigenvalue weighted by Gasteiger charge is 2.56. The number of hydrogen-bond acceptors (Lipinski definition) is 3. The summed E-state index contributed by atoms with van der Waals surface area (Å²) in [5, 5.41) is -0.644. The summed E-state index contributed by atoms with van der Waals surface area (Å²) in [5.41, 5.74) is -1.09. The molecule has 1 aromatic rings. The molecule has 2 rings (SSSR count). The molecule has 1 fully saturated rings. The van der Waals surface area contributed by atoms with Gasteiger partial charge < -0.3 is 0 Å². The van der Waals surface area contributed by atoms with E-state index in [0.717, 1.165) is 0 Å². The maximum atomic E-state index is 12.6. The van der Waals surface area contributed by atoms with Crippen molar-refractivity contribution in [3.8, 4) is 0 Å². The summed E-state index contributed by atoms with van der Waals surface area (Å²) in [7, 11) is -4.19. The molecule has 4 nitrogen and oxygen atoms in total. The number of pyridine rings is 1. The van der Waals surface area contributed by atoms with Crippen molar-refractivity contribution in [2.24, 2.45) is 5.92 Å². The lowest BCUT2D eigenvalue weighted by Crippen LogP contribution is -2.28. The molecule has 0 aromatic carbocycles. The van der Waals surface area contributed by atoms with E-state index in [1.165, 1.54) is 0 Å². The minimum Gasteiger partial charge on any atom is -0.243 e. The first kappa shape index (κ1) is 15.1.